The summed E-state index contributed by atoms with van der Waals surface area (Å²) in [7, 11) is 0. The minimum absolute atomic E-state index is 0.670. The summed E-state index contributed by atoms with van der Waals surface area (Å²) in [6.07, 6.45) is 7.19. The van der Waals surface area contributed by atoms with Crippen molar-refractivity contribution in [2.75, 3.05) is 6.54 Å². The van der Waals surface area contributed by atoms with E-state index in [2.05, 4.69) is 15.6 Å². The number of aromatic nitrogens is 3. The third-order valence-electron chi connectivity index (χ3n) is 3.19. The number of imidazole rings is 1. The van der Waals surface area contributed by atoms with Gasteiger partial charge in [-0.05, 0) is 25.5 Å². The van der Waals surface area contributed by atoms with Gasteiger partial charge in [-0.3, -0.25) is 0 Å². The van der Waals surface area contributed by atoms with E-state index in [9.17, 15) is 0 Å². The smallest absolute Gasteiger partial charge is 0.110 e. The van der Waals surface area contributed by atoms with Crippen LogP contribution in [0.4, 0.5) is 0 Å². The average Bonchev–Trinajstić information content (AvgIpc) is 2.94. The summed E-state index contributed by atoms with van der Waals surface area (Å²) in [5, 5.41) is 0. The molecule has 3 rings (SSSR count). The first-order valence-electron chi connectivity index (χ1n) is 5.81. The molecule has 0 fully saturated rings. The van der Waals surface area contributed by atoms with Crippen molar-refractivity contribution in [3.05, 3.63) is 30.0 Å². The van der Waals surface area contributed by atoms with E-state index in [-0.39, 0.29) is 0 Å². The molecule has 4 heteroatoms. The van der Waals surface area contributed by atoms with Crippen LogP contribution in [0.2, 0.25) is 0 Å². The van der Waals surface area contributed by atoms with Crippen LogP contribution in [0.5, 0.6) is 0 Å². The summed E-state index contributed by atoms with van der Waals surface area (Å²) in [5.41, 5.74) is 9.33. The molecule has 2 aromatic heterocycles. The molecule has 0 radical (unpaired) electrons. The normalized spacial score (nSPS) is 14.3. The predicted molar refractivity (Wildman–Crippen MR) is 63.1 cm³/mol. The van der Waals surface area contributed by atoms with Gasteiger partial charge in [0, 0.05) is 36.6 Å². The van der Waals surface area contributed by atoms with E-state index in [0.29, 0.717) is 6.54 Å². The van der Waals surface area contributed by atoms with E-state index in [1.807, 2.05) is 12.4 Å². The lowest BCUT2D eigenvalue weighted by atomic mass is 10.1. The second-order valence-electron chi connectivity index (χ2n) is 4.22. The first-order chi connectivity index (χ1) is 7.90. The largest absolute Gasteiger partial charge is 0.367 e. The molecule has 0 amide bonds. The van der Waals surface area contributed by atoms with Gasteiger partial charge in [0.15, 0.2) is 0 Å². The van der Waals surface area contributed by atoms with Gasteiger partial charge in [-0.1, -0.05) is 0 Å². The molecular weight excluding hydrogens is 200 g/mol. The topological polar surface area (TPSA) is 59.6 Å². The first-order valence-corrected chi connectivity index (χ1v) is 5.81. The Morgan fingerprint density at radius 3 is 3.19 bits per heavy atom. The minimum atomic E-state index is 0.670. The second-order valence-corrected chi connectivity index (χ2v) is 4.22. The third-order valence-corrected chi connectivity index (χ3v) is 3.19. The molecule has 3 N–H and O–H groups in total. The van der Waals surface area contributed by atoms with Crippen LogP contribution >= 0.6 is 0 Å². The quantitative estimate of drug-likeness (QED) is 0.813. The van der Waals surface area contributed by atoms with Crippen LogP contribution in [0.25, 0.3) is 11.3 Å². The van der Waals surface area contributed by atoms with E-state index < -0.39 is 0 Å². The number of H-pyrrole nitrogens is 1. The number of nitrogens with two attached hydrogens (primary N) is 1. The summed E-state index contributed by atoms with van der Waals surface area (Å²) >= 11 is 0. The molecule has 0 unspecified atom stereocenters. The monoisotopic (exact) mass is 216 g/mol. The Kier molecular flexibility index (Phi) is 2.29. The van der Waals surface area contributed by atoms with Crippen molar-refractivity contribution >= 4 is 0 Å². The number of fused-ring (bicyclic) bond motifs is 1. The second kappa shape index (κ2) is 3.79. The molecule has 2 aromatic rings. The van der Waals surface area contributed by atoms with Crippen LogP contribution in [0.1, 0.15) is 17.9 Å². The summed E-state index contributed by atoms with van der Waals surface area (Å²) in [6, 6.07) is 2.08. The zero-order valence-corrected chi connectivity index (χ0v) is 9.24. The Morgan fingerprint density at radius 2 is 2.44 bits per heavy atom. The maximum Gasteiger partial charge on any atom is 0.110 e. The molecule has 0 saturated heterocycles. The fourth-order valence-electron chi connectivity index (χ4n) is 2.48. The molecule has 0 saturated carbocycles. The number of nitrogens with one attached hydrogen (secondary N) is 1. The van der Waals surface area contributed by atoms with Crippen LogP contribution in [0.15, 0.2) is 18.5 Å². The van der Waals surface area contributed by atoms with Crippen LogP contribution in [0, 0.1) is 0 Å². The SMILES string of the molecule is NCCc1nc(-c2cc[nH]c2)c2n1CCC2. The Hall–Kier alpha value is -1.55. The zero-order valence-electron chi connectivity index (χ0n) is 9.24. The minimum Gasteiger partial charge on any atom is -0.367 e. The van der Waals surface area contributed by atoms with Gasteiger partial charge in [-0.2, -0.15) is 0 Å². The third kappa shape index (κ3) is 1.38. The highest BCUT2D eigenvalue weighted by Crippen LogP contribution is 2.29. The number of aromatic amines is 1. The van der Waals surface area contributed by atoms with E-state index in [0.717, 1.165) is 30.9 Å². The summed E-state index contributed by atoms with van der Waals surface area (Å²) in [6.45, 7) is 1.77. The van der Waals surface area contributed by atoms with Gasteiger partial charge in [0.05, 0.1) is 5.69 Å². The van der Waals surface area contributed by atoms with Crippen LogP contribution in [0.3, 0.4) is 0 Å². The summed E-state index contributed by atoms with van der Waals surface area (Å²) in [4.78, 5) is 7.81. The lowest BCUT2D eigenvalue weighted by Gasteiger charge is -2.00. The Morgan fingerprint density at radius 1 is 1.50 bits per heavy atom. The molecule has 16 heavy (non-hydrogen) atoms. The molecule has 84 valence electrons. The predicted octanol–water partition coefficient (Wildman–Crippen LogP) is 1.33. The van der Waals surface area contributed by atoms with Crippen molar-refractivity contribution in [3.8, 4) is 11.3 Å². The molecule has 0 bridgehead atoms. The molecule has 1 aliphatic rings. The Labute approximate surface area is 94.5 Å². The fourth-order valence-corrected chi connectivity index (χ4v) is 2.48. The van der Waals surface area contributed by atoms with Crippen molar-refractivity contribution in [3.63, 3.8) is 0 Å². The van der Waals surface area contributed by atoms with E-state index >= 15 is 0 Å². The lowest BCUT2D eigenvalue weighted by Crippen LogP contribution is -2.08. The van der Waals surface area contributed by atoms with Crippen molar-refractivity contribution in [2.45, 2.75) is 25.8 Å². The molecule has 3 heterocycles. The molecule has 4 nitrogen and oxygen atoms in total. The molecular formula is C12H16N4. The van der Waals surface area contributed by atoms with Crippen LogP contribution in [-0.2, 0) is 19.4 Å². The van der Waals surface area contributed by atoms with Crippen molar-refractivity contribution in [2.24, 2.45) is 5.73 Å². The molecule has 0 aromatic carbocycles. The lowest BCUT2D eigenvalue weighted by molar-refractivity contribution is 0.685. The zero-order chi connectivity index (χ0) is 11.0. The van der Waals surface area contributed by atoms with Crippen LogP contribution in [-0.4, -0.2) is 21.1 Å². The van der Waals surface area contributed by atoms with Crippen molar-refractivity contribution in [1.82, 2.24) is 14.5 Å². The average molecular weight is 216 g/mol. The van der Waals surface area contributed by atoms with Crippen LogP contribution < -0.4 is 5.73 Å². The van der Waals surface area contributed by atoms with Crippen molar-refractivity contribution < 1.29 is 0 Å². The first kappa shape index (κ1) is 9.66. The molecule has 0 spiro atoms. The number of hydrogen-bond donors (Lipinski definition) is 2. The van der Waals surface area contributed by atoms with Gasteiger partial charge in [0.25, 0.3) is 0 Å². The van der Waals surface area contributed by atoms with Gasteiger partial charge in [0.2, 0.25) is 0 Å². The van der Waals surface area contributed by atoms with Gasteiger partial charge in [-0.25, -0.2) is 4.98 Å². The maximum atomic E-state index is 5.62. The highest BCUT2D eigenvalue weighted by molar-refractivity contribution is 5.62. The maximum absolute atomic E-state index is 5.62. The standard InChI is InChI=1S/C12H16N4/c13-5-3-11-15-12(9-4-6-14-8-9)10-2-1-7-16(10)11/h4,6,8,14H,1-3,5,7,13H2. The van der Waals surface area contributed by atoms with Crippen molar-refractivity contribution in [1.29, 1.82) is 0 Å². The highest BCUT2D eigenvalue weighted by Gasteiger charge is 2.21. The Balaban J connectivity index is 2.09. The van der Waals surface area contributed by atoms with Gasteiger partial charge in [0.1, 0.15) is 5.82 Å². The summed E-state index contributed by atoms with van der Waals surface area (Å²) < 4.78 is 2.34. The van der Waals surface area contributed by atoms with E-state index in [1.54, 1.807) is 0 Å². The Bertz CT molecular complexity index is 481. The van der Waals surface area contributed by atoms with Gasteiger partial charge in [-0.15, -0.1) is 0 Å². The number of rotatable bonds is 3. The van der Waals surface area contributed by atoms with Gasteiger partial charge >= 0.3 is 0 Å². The highest BCUT2D eigenvalue weighted by atomic mass is 15.1. The molecule has 1 aliphatic heterocycles. The fraction of sp³-hybridized carbons (Fsp3) is 0.417. The van der Waals surface area contributed by atoms with Gasteiger partial charge < -0.3 is 15.3 Å². The molecule has 0 atom stereocenters. The summed E-state index contributed by atoms with van der Waals surface area (Å²) in [5.74, 6) is 1.14. The van der Waals surface area contributed by atoms with E-state index in [4.69, 9.17) is 10.7 Å². The number of hydrogen-bond acceptors (Lipinski definition) is 2. The number of nitrogens with zero attached hydrogens (tertiary/aromatic N) is 2. The molecule has 0 aliphatic carbocycles. The van der Waals surface area contributed by atoms with E-state index in [1.165, 1.54) is 17.7 Å².